The van der Waals surface area contributed by atoms with Gasteiger partial charge < -0.3 is 0 Å². The molecule has 0 aromatic heterocycles. The van der Waals surface area contributed by atoms with Gasteiger partial charge in [0.05, 0.1) is 0 Å². The van der Waals surface area contributed by atoms with E-state index in [1.54, 1.807) is 0 Å². The van der Waals surface area contributed by atoms with Crippen molar-refractivity contribution in [3.8, 4) is 0 Å². The van der Waals surface area contributed by atoms with Gasteiger partial charge in [-0.25, -0.2) is 0 Å². The number of alkyl halides is 2. The van der Waals surface area contributed by atoms with Crippen molar-refractivity contribution in [2.75, 3.05) is 26.7 Å². The topological polar surface area (TPSA) is 0 Å². The molecule has 9 heavy (non-hydrogen) atoms. The van der Waals surface area contributed by atoms with Crippen LogP contribution in [0.1, 0.15) is 0 Å². The number of rotatable bonds is 2. The van der Waals surface area contributed by atoms with E-state index in [0.717, 1.165) is 0 Å². The average Bonchev–Trinajstić information content (AvgIpc) is 1.65. The van der Waals surface area contributed by atoms with Crippen molar-refractivity contribution in [1.29, 1.82) is 0 Å². The zero-order valence-electron chi connectivity index (χ0n) is 6.15. The fraction of sp³-hybridized carbons (Fsp3) is 1.00. The summed E-state index contributed by atoms with van der Waals surface area (Å²) in [5.41, 5.74) is 0. The van der Waals surface area contributed by atoms with Gasteiger partial charge in [0.15, 0.2) is 3.82 Å². The molecule has 0 bridgehead atoms. The molecule has 0 saturated carbocycles. The summed E-state index contributed by atoms with van der Waals surface area (Å²) in [6.07, 6.45) is 0. The van der Waals surface area contributed by atoms with Gasteiger partial charge in [-0.3, -0.25) is 0 Å². The smallest absolute Gasteiger partial charge is 0.0915 e. The quantitative estimate of drug-likeness (QED) is 0.477. The van der Waals surface area contributed by atoms with Crippen LogP contribution in [0.15, 0.2) is 0 Å². The molecule has 56 valence electrons. The monoisotopic (exact) mass is 204 g/mol. The van der Waals surface area contributed by atoms with E-state index < -0.39 is 3.82 Å². The van der Waals surface area contributed by atoms with E-state index in [-0.39, 0.29) is 15.8 Å². The highest BCUT2D eigenvalue weighted by Gasteiger charge is 2.31. The molecule has 0 spiro atoms. The van der Waals surface area contributed by atoms with E-state index in [4.69, 9.17) is 23.2 Å². The molecular weight excluding hydrogens is 193 g/mol. The molecule has 0 aliphatic rings. The molecule has 0 atom stereocenters. The van der Waals surface area contributed by atoms with Gasteiger partial charge in [-0.2, -0.15) is 0 Å². The van der Waals surface area contributed by atoms with Crippen LogP contribution >= 0.6 is 39.0 Å². The van der Waals surface area contributed by atoms with Crippen LogP contribution in [0.25, 0.3) is 0 Å². The van der Waals surface area contributed by atoms with Crippen LogP contribution in [-0.2, 0) is 0 Å². The van der Waals surface area contributed by atoms with Gasteiger partial charge in [0.2, 0.25) is 0 Å². The maximum Gasteiger partial charge on any atom is 0.153 e. The molecule has 0 amide bonds. The summed E-state index contributed by atoms with van der Waals surface area (Å²) in [5.74, 6) is 0. The standard InChI is InChI=1S/C5H12Cl2P2/c1-8(2)5(6,7)9(3)4/h1-4H3. The Kier molecular flexibility index (Phi) is 4.32. The summed E-state index contributed by atoms with van der Waals surface area (Å²) in [7, 11) is -0.447. The van der Waals surface area contributed by atoms with Crippen LogP contribution in [0.3, 0.4) is 0 Å². The molecule has 0 heterocycles. The van der Waals surface area contributed by atoms with Gasteiger partial charge in [-0.15, -0.1) is 0 Å². The number of hydrogen-bond acceptors (Lipinski definition) is 0. The highest BCUT2D eigenvalue weighted by molar-refractivity contribution is 7.81. The molecule has 0 aliphatic carbocycles. The first-order valence-corrected chi connectivity index (χ1v) is 7.84. The van der Waals surface area contributed by atoms with Gasteiger partial charge in [0.1, 0.15) is 0 Å². The van der Waals surface area contributed by atoms with Crippen LogP contribution < -0.4 is 0 Å². The van der Waals surface area contributed by atoms with Gasteiger partial charge in [0, 0.05) is 0 Å². The highest BCUT2D eigenvalue weighted by atomic mass is 35.5. The Bertz CT molecular complexity index is 81.0. The first-order chi connectivity index (χ1) is 3.89. The summed E-state index contributed by atoms with van der Waals surface area (Å²) in [5, 5.41) is 0. The van der Waals surface area contributed by atoms with Crippen LogP contribution in [-0.4, -0.2) is 30.5 Å². The van der Waals surface area contributed by atoms with E-state index in [9.17, 15) is 0 Å². The fourth-order valence-corrected chi connectivity index (χ4v) is 3.60. The molecule has 0 N–H and O–H groups in total. The number of hydrogen-bond donors (Lipinski definition) is 0. The summed E-state index contributed by atoms with van der Waals surface area (Å²) in [6, 6.07) is 0. The zero-order chi connectivity index (χ0) is 7.65. The highest BCUT2D eigenvalue weighted by Crippen LogP contribution is 2.66. The average molecular weight is 205 g/mol. The lowest BCUT2D eigenvalue weighted by molar-refractivity contribution is 1.67. The largest absolute Gasteiger partial charge is 0.153 e. The van der Waals surface area contributed by atoms with Crippen LogP contribution in [0.5, 0.6) is 0 Å². The van der Waals surface area contributed by atoms with E-state index in [0.29, 0.717) is 0 Å². The third-order valence-electron chi connectivity index (χ3n) is 1.08. The normalized spacial score (nSPS) is 13.3. The molecule has 0 fully saturated rings. The SMILES string of the molecule is CP(C)C(Cl)(Cl)P(C)C. The number of halogens is 2. The van der Waals surface area contributed by atoms with E-state index in [2.05, 4.69) is 26.7 Å². The Labute approximate surface area is 69.8 Å². The predicted octanol–water partition coefficient (Wildman–Crippen LogP) is 3.56. The van der Waals surface area contributed by atoms with Gasteiger partial charge >= 0.3 is 0 Å². The van der Waals surface area contributed by atoms with Crippen molar-refractivity contribution in [1.82, 2.24) is 0 Å². The van der Waals surface area contributed by atoms with Crippen molar-refractivity contribution in [2.45, 2.75) is 3.82 Å². The van der Waals surface area contributed by atoms with Crippen LogP contribution in [0.4, 0.5) is 0 Å². The molecule has 0 radical (unpaired) electrons. The molecule has 0 rings (SSSR count). The Morgan fingerprint density at radius 1 is 0.889 bits per heavy atom. The Morgan fingerprint density at radius 3 is 1.11 bits per heavy atom. The Balaban J connectivity index is 4.01. The second-order valence-electron chi connectivity index (χ2n) is 2.30. The van der Waals surface area contributed by atoms with Crippen LogP contribution in [0.2, 0.25) is 0 Å². The molecule has 0 aromatic rings. The lowest BCUT2D eigenvalue weighted by atomic mass is 11.8. The summed E-state index contributed by atoms with van der Waals surface area (Å²) in [6.45, 7) is 8.44. The minimum Gasteiger partial charge on any atom is -0.0915 e. The van der Waals surface area contributed by atoms with Crippen LogP contribution in [0, 0.1) is 0 Å². The first-order valence-electron chi connectivity index (χ1n) is 2.61. The third-order valence-corrected chi connectivity index (χ3v) is 9.69. The molecule has 0 aliphatic heterocycles. The second-order valence-corrected chi connectivity index (χ2v) is 9.95. The Hall–Kier alpha value is 1.44. The van der Waals surface area contributed by atoms with Gasteiger partial charge in [-0.05, 0) is 26.7 Å². The summed E-state index contributed by atoms with van der Waals surface area (Å²) < 4.78 is -0.426. The maximum absolute atomic E-state index is 6.03. The molecule has 0 unspecified atom stereocenters. The van der Waals surface area contributed by atoms with Crippen molar-refractivity contribution >= 4 is 39.0 Å². The molecule has 0 nitrogen and oxygen atoms in total. The zero-order valence-corrected chi connectivity index (χ0v) is 9.45. The minimum atomic E-state index is -0.426. The molecular formula is C5H12Cl2P2. The summed E-state index contributed by atoms with van der Waals surface area (Å²) in [4.78, 5) is 0. The lowest BCUT2D eigenvalue weighted by Crippen LogP contribution is -2.04. The van der Waals surface area contributed by atoms with E-state index in [1.807, 2.05) is 0 Å². The molecule has 4 heteroatoms. The van der Waals surface area contributed by atoms with Gasteiger partial charge in [0.25, 0.3) is 0 Å². The van der Waals surface area contributed by atoms with E-state index in [1.165, 1.54) is 0 Å². The van der Waals surface area contributed by atoms with Crippen molar-refractivity contribution in [3.63, 3.8) is 0 Å². The maximum atomic E-state index is 6.03. The second kappa shape index (κ2) is 3.72. The fourth-order valence-electron chi connectivity index (χ4n) is 0.400. The van der Waals surface area contributed by atoms with Crippen molar-refractivity contribution in [3.05, 3.63) is 0 Å². The third kappa shape index (κ3) is 2.89. The first kappa shape index (κ1) is 10.4. The van der Waals surface area contributed by atoms with E-state index >= 15 is 0 Å². The Morgan fingerprint density at radius 2 is 1.11 bits per heavy atom. The predicted molar refractivity (Wildman–Crippen MR) is 52.0 cm³/mol. The van der Waals surface area contributed by atoms with Crippen molar-refractivity contribution in [2.24, 2.45) is 0 Å². The lowest BCUT2D eigenvalue weighted by Gasteiger charge is -2.28. The summed E-state index contributed by atoms with van der Waals surface area (Å²) >= 11 is 12.1. The molecule has 0 aromatic carbocycles. The van der Waals surface area contributed by atoms with Gasteiger partial charge in [-0.1, -0.05) is 39.0 Å². The van der Waals surface area contributed by atoms with Crippen molar-refractivity contribution < 1.29 is 0 Å². The molecule has 0 saturated heterocycles. The minimum absolute atomic E-state index is 0.224.